The highest BCUT2D eigenvalue weighted by molar-refractivity contribution is 9.10. The van der Waals surface area contributed by atoms with Crippen LogP contribution in [0.3, 0.4) is 0 Å². The summed E-state index contributed by atoms with van der Waals surface area (Å²) in [6.07, 6.45) is 7.44. The third-order valence-corrected chi connectivity index (χ3v) is 3.73. The third-order valence-electron chi connectivity index (χ3n) is 3.24. The largest absolute Gasteiger partial charge is 0.490 e. The molecule has 0 saturated heterocycles. The Kier molecular flexibility index (Phi) is 6.65. The van der Waals surface area contributed by atoms with Crippen LogP contribution >= 0.6 is 15.9 Å². The Hall–Kier alpha value is -1.82. The highest BCUT2D eigenvalue weighted by Gasteiger charge is 2.13. The summed E-state index contributed by atoms with van der Waals surface area (Å²) in [5, 5.41) is 2.95. The summed E-state index contributed by atoms with van der Waals surface area (Å²) in [5.74, 6) is 0.501. The Morgan fingerprint density at radius 1 is 1.39 bits per heavy atom. The molecule has 124 valence electrons. The number of rotatable bonds is 8. The Morgan fingerprint density at radius 2 is 2.22 bits per heavy atom. The summed E-state index contributed by atoms with van der Waals surface area (Å²) in [7, 11) is 0. The van der Waals surface area contributed by atoms with Gasteiger partial charge >= 0.3 is 0 Å². The van der Waals surface area contributed by atoms with Gasteiger partial charge in [0, 0.05) is 30.0 Å². The van der Waals surface area contributed by atoms with Crippen LogP contribution in [0.25, 0.3) is 0 Å². The number of hydrogen-bond acceptors (Lipinski definition) is 3. The van der Waals surface area contributed by atoms with Crippen molar-refractivity contribution in [2.75, 3.05) is 6.54 Å². The first kappa shape index (κ1) is 17.5. The van der Waals surface area contributed by atoms with Gasteiger partial charge in [-0.05, 0) is 44.9 Å². The molecule has 0 unspecified atom stereocenters. The van der Waals surface area contributed by atoms with Crippen LogP contribution in [0.4, 0.5) is 0 Å². The second-order valence-corrected chi connectivity index (χ2v) is 6.49. The van der Waals surface area contributed by atoms with Gasteiger partial charge in [0.15, 0.2) is 0 Å². The molecule has 0 radical (unpaired) electrons. The number of ether oxygens (including phenoxy) is 1. The number of unbranched alkanes of at least 4 members (excludes halogenated alkanes) is 1. The van der Waals surface area contributed by atoms with Gasteiger partial charge in [0.1, 0.15) is 5.75 Å². The van der Waals surface area contributed by atoms with Crippen LogP contribution < -0.4 is 10.1 Å². The number of imidazole rings is 1. The lowest BCUT2D eigenvalue weighted by atomic mass is 10.2. The van der Waals surface area contributed by atoms with Gasteiger partial charge in [-0.1, -0.05) is 15.9 Å². The predicted molar refractivity (Wildman–Crippen MR) is 93.7 cm³/mol. The smallest absolute Gasteiger partial charge is 0.255 e. The first-order valence-corrected chi connectivity index (χ1v) is 8.55. The van der Waals surface area contributed by atoms with Gasteiger partial charge < -0.3 is 14.6 Å². The number of carbonyl (C=O) groups is 1. The van der Waals surface area contributed by atoms with Gasteiger partial charge in [0.05, 0.1) is 18.0 Å². The molecule has 0 atom stereocenters. The van der Waals surface area contributed by atoms with E-state index < -0.39 is 0 Å². The second-order valence-electron chi connectivity index (χ2n) is 5.57. The van der Waals surface area contributed by atoms with Gasteiger partial charge in [-0.3, -0.25) is 4.79 Å². The fraction of sp³-hybridized carbons (Fsp3) is 0.412. The summed E-state index contributed by atoms with van der Waals surface area (Å²) in [4.78, 5) is 16.3. The maximum Gasteiger partial charge on any atom is 0.255 e. The van der Waals surface area contributed by atoms with Crippen LogP contribution in [0.2, 0.25) is 0 Å². The SMILES string of the molecule is CC(C)Oc1cc(Br)ccc1C(=O)NCCCCn1ccnc1. The van der Waals surface area contributed by atoms with Gasteiger partial charge in [0.2, 0.25) is 0 Å². The molecule has 1 aromatic heterocycles. The molecule has 0 bridgehead atoms. The van der Waals surface area contributed by atoms with Crippen LogP contribution in [0, 0.1) is 0 Å². The minimum absolute atomic E-state index is 0.0195. The lowest BCUT2D eigenvalue weighted by Crippen LogP contribution is -2.25. The van der Waals surface area contributed by atoms with E-state index in [0.29, 0.717) is 17.9 Å². The summed E-state index contributed by atoms with van der Waals surface area (Å²) < 4.78 is 8.65. The number of halogens is 1. The fourth-order valence-electron chi connectivity index (χ4n) is 2.17. The van der Waals surface area contributed by atoms with Crippen molar-refractivity contribution in [1.29, 1.82) is 0 Å². The number of hydrogen-bond donors (Lipinski definition) is 1. The molecule has 0 aliphatic heterocycles. The standard InChI is InChI=1S/C17H22BrN3O2/c1-13(2)23-16-11-14(18)5-6-15(16)17(22)20-7-3-4-9-21-10-8-19-12-21/h5-6,8,10-13H,3-4,7,9H2,1-2H3,(H,20,22). The van der Waals surface area contributed by atoms with Crippen molar-refractivity contribution in [3.8, 4) is 5.75 Å². The number of aryl methyl sites for hydroxylation is 1. The summed E-state index contributed by atoms with van der Waals surface area (Å²) in [6.45, 7) is 5.44. The lowest BCUT2D eigenvalue weighted by Gasteiger charge is -2.14. The molecule has 0 fully saturated rings. The highest BCUT2D eigenvalue weighted by Crippen LogP contribution is 2.24. The lowest BCUT2D eigenvalue weighted by molar-refractivity contribution is 0.0947. The number of benzene rings is 1. The van der Waals surface area contributed by atoms with E-state index in [0.717, 1.165) is 23.9 Å². The van der Waals surface area contributed by atoms with E-state index in [9.17, 15) is 4.79 Å². The molecule has 1 aromatic carbocycles. The summed E-state index contributed by atoms with van der Waals surface area (Å²) in [6, 6.07) is 5.46. The quantitative estimate of drug-likeness (QED) is 0.712. The molecule has 0 aliphatic rings. The number of amides is 1. The first-order valence-electron chi connectivity index (χ1n) is 7.76. The Balaban J connectivity index is 1.82. The maximum absolute atomic E-state index is 12.3. The molecule has 2 rings (SSSR count). The molecular weight excluding hydrogens is 358 g/mol. The molecule has 0 spiro atoms. The van der Waals surface area contributed by atoms with E-state index in [1.54, 1.807) is 18.6 Å². The van der Waals surface area contributed by atoms with Crippen molar-refractivity contribution in [2.24, 2.45) is 0 Å². The van der Waals surface area contributed by atoms with Crippen LogP contribution in [-0.2, 0) is 6.54 Å². The first-order chi connectivity index (χ1) is 11.1. The van der Waals surface area contributed by atoms with Crippen molar-refractivity contribution >= 4 is 21.8 Å². The fourth-order valence-corrected chi connectivity index (χ4v) is 2.51. The maximum atomic E-state index is 12.3. The van der Waals surface area contributed by atoms with Crippen molar-refractivity contribution in [1.82, 2.24) is 14.9 Å². The van der Waals surface area contributed by atoms with E-state index in [1.165, 1.54) is 0 Å². The number of nitrogens with one attached hydrogen (secondary N) is 1. The van der Waals surface area contributed by atoms with E-state index in [1.807, 2.05) is 36.7 Å². The van der Waals surface area contributed by atoms with Crippen LogP contribution in [-0.4, -0.2) is 28.1 Å². The van der Waals surface area contributed by atoms with Gasteiger partial charge in [-0.15, -0.1) is 0 Å². The molecule has 1 heterocycles. The Labute approximate surface area is 145 Å². The van der Waals surface area contributed by atoms with Crippen LogP contribution in [0.5, 0.6) is 5.75 Å². The van der Waals surface area contributed by atoms with Crippen LogP contribution in [0.1, 0.15) is 37.0 Å². The second kappa shape index (κ2) is 8.72. The molecule has 1 amide bonds. The molecule has 2 aromatic rings. The zero-order valence-corrected chi connectivity index (χ0v) is 15.0. The average molecular weight is 380 g/mol. The topological polar surface area (TPSA) is 56.1 Å². The summed E-state index contributed by atoms with van der Waals surface area (Å²) in [5.41, 5.74) is 0.566. The monoisotopic (exact) mass is 379 g/mol. The van der Waals surface area contributed by atoms with Gasteiger partial charge in [-0.25, -0.2) is 4.98 Å². The average Bonchev–Trinajstić information content (AvgIpc) is 2.99. The Bertz CT molecular complexity index is 627. The minimum Gasteiger partial charge on any atom is -0.490 e. The van der Waals surface area contributed by atoms with E-state index in [-0.39, 0.29) is 12.0 Å². The molecule has 0 aliphatic carbocycles. The predicted octanol–water partition coefficient (Wildman–Crippen LogP) is 3.64. The number of aromatic nitrogens is 2. The highest BCUT2D eigenvalue weighted by atomic mass is 79.9. The third kappa shape index (κ3) is 5.71. The molecule has 0 saturated carbocycles. The summed E-state index contributed by atoms with van der Waals surface area (Å²) >= 11 is 3.41. The Morgan fingerprint density at radius 3 is 2.91 bits per heavy atom. The zero-order valence-electron chi connectivity index (χ0n) is 13.5. The van der Waals surface area contributed by atoms with E-state index in [4.69, 9.17) is 4.74 Å². The molecular formula is C17H22BrN3O2. The minimum atomic E-state index is -0.101. The number of carbonyl (C=O) groups excluding carboxylic acids is 1. The van der Waals surface area contributed by atoms with Crippen molar-refractivity contribution < 1.29 is 9.53 Å². The zero-order chi connectivity index (χ0) is 16.7. The van der Waals surface area contributed by atoms with Crippen LogP contribution in [0.15, 0.2) is 41.4 Å². The van der Waals surface area contributed by atoms with Crippen molar-refractivity contribution in [3.63, 3.8) is 0 Å². The number of nitrogens with zero attached hydrogens (tertiary/aromatic N) is 2. The normalized spacial score (nSPS) is 10.8. The molecule has 1 N–H and O–H groups in total. The van der Waals surface area contributed by atoms with Gasteiger partial charge in [0.25, 0.3) is 5.91 Å². The van der Waals surface area contributed by atoms with Gasteiger partial charge in [-0.2, -0.15) is 0 Å². The molecule has 23 heavy (non-hydrogen) atoms. The van der Waals surface area contributed by atoms with E-state index >= 15 is 0 Å². The molecule has 6 heteroatoms. The van der Waals surface area contributed by atoms with Crippen molar-refractivity contribution in [2.45, 2.75) is 39.3 Å². The van der Waals surface area contributed by atoms with Crippen molar-refractivity contribution in [3.05, 3.63) is 47.0 Å². The van der Waals surface area contributed by atoms with E-state index in [2.05, 4.69) is 26.2 Å². The molecule has 5 nitrogen and oxygen atoms in total.